The Morgan fingerprint density at radius 1 is 1.45 bits per heavy atom. The number of carbonyl (C=O) groups excluding carboxylic acids is 1. The number of anilines is 1. The lowest BCUT2D eigenvalue weighted by Crippen LogP contribution is -2.45. The third kappa shape index (κ3) is 3.29. The first-order valence-electron chi connectivity index (χ1n) is 7.14. The summed E-state index contributed by atoms with van der Waals surface area (Å²) in [6.07, 6.45) is 6.87. The van der Waals surface area contributed by atoms with Crippen molar-refractivity contribution in [1.29, 1.82) is 0 Å². The maximum absolute atomic E-state index is 12.2. The number of rotatable bonds is 4. The van der Waals surface area contributed by atoms with Gasteiger partial charge in [0.2, 0.25) is 5.91 Å². The van der Waals surface area contributed by atoms with Crippen LogP contribution in [-0.4, -0.2) is 33.2 Å². The van der Waals surface area contributed by atoms with Crippen LogP contribution in [0.3, 0.4) is 0 Å². The molecule has 0 spiro atoms. The lowest BCUT2D eigenvalue weighted by molar-refractivity contribution is -0.122. The molecule has 1 saturated carbocycles. The molecule has 0 aromatic carbocycles. The Kier molecular flexibility index (Phi) is 4.96. The predicted octanol–water partition coefficient (Wildman–Crippen LogP) is 1.87. The zero-order chi connectivity index (χ0) is 14.7. The summed E-state index contributed by atoms with van der Waals surface area (Å²) in [6, 6.07) is 0.292. The topological polar surface area (TPSA) is 72.9 Å². The summed E-state index contributed by atoms with van der Waals surface area (Å²) in [5.41, 5.74) is 8.22. The lowest BCUT2D eigenvalue weighted by atomic mass is 9.95. The summed E-state index contributed by atoms with van der Waals surface area (Å²) < 4.78 is 1.69. The number of nitrogens with zero attached hydrogens (tertiary/aromatic N) is 2. The highest BCUT2D eigenvalue weighted by Gasteiger charge is 2.25. The van der Waals surface area contributed by atoms with Crippen molar-refractivity contribution in [2.75, 3.05) is 12.0 Å². The van der Waals surface area contributed by atoms with Gasteiger partial charge in [-0.15, -0.1) is 0 Å². The number of nitrogens with two attached hydrogens (primary N) is 1. The monoisotopic (exact) mass is 296 g/mol. The summed E-state index contributed by atoms with van der Waals surface area (Å²) in [6.45, 7) is 4.01. The fraction of sp³-hybridized carbons (Fsp3) is 0.714. The molecule has 0 aliphatic heterocycles. The van der Waals surface area contributed by atoms with Crippen LogP contribution < -0.4 is 11.1 Å². The number of carbonyl (C=O) groups is 1. The zero-order valence-electron chi connectivity index (χ0n) is 12.5. The van der Waals surface area contributed by atoms with Crippen LogP contribution in [0.15, 0.2) is 0 Å². The van der Waals surface area contributed by atoms with Crippen molar-refractivity contribution in [3.8, 4) is 0 Å². The van der Waals surface area contributed by atoms with Crippen LogP contribution in [0.2, 0.25) is 0 Å². The molecule has 5 nitrogen and oxygen atoms in total. The first-order chi connectivity index (χ1) is 9.52. The first-order valence-corrected chi connectivity index (χ1v) is 8.43. The second-order valence-electron chi connectivity index (χ2n) is 5.47. The fourth-order valence-electron chi connectivity index (χ4n) is 2.80. The van der Waals surface area contributed by atoms with Gasteiger partial charge in [0.05, 0.1) is 17.1 Å². The van der Waals surface area contributed by atoms with Crippen LogP contribution in [0.25, 0.3) is 0 Å². The maximum atomic E-state index is 12.2. The van der Waals surface area contributed by atoms with Gasteiger partial charge in [-0.05, 0) is 32.9 Å². The number of nitrogen functional groups attached to an aromatic ring is 1. The summed E-state index contributed by atoms with van der Waals surface area (Å²) in [4.78, 5) is 12.2. The molecule has 1 aliphatic rings. The fourth-order valence-corrected chi connectivity index (χ4v) is 3.73. The third-order valence-corrected chi connectivity index (χ3v) is 5.25. The van der Waals surface area contributed by atoms with Crippen LogP contribution in [0.4, 0.5) is 5.69 Å². The van der Waals surface area contributed by atoms with Crippen molar-refractivity contribution in [2.24, 2.45) is 0 Å². The lowest BCUT2D eigenvalue weighted by Gasteiger charge is -2.30. The molecule has 112 valence electrons. The molecule has 1 aromatic heterocycles. The smallest absolute Gasteiger partial charge is 0.241 e. The Morgan fingerprint density at radius 3 is 2.75 bits per heavy atom. The van der Waals surface area contributed by atoms with E-state index >= 15 is 0 Å². The molecule has 0 bridgehead atoms. The Labute approximate surface area is 124 Å². The van der Waals surface area contributed by atoms with Crippen LogP contribution >= 0.6 is 11.8 Å². The molecule has 1 aliphatic carbocycles. The Balaban J connectivity index is 1.96. The minimum absolute atomic E-state index is 0.0292. The predicted molar refractivity (Wildman–Crippen MR) is 83.8 cm³/mol. The summed E-state index contributed by atoms with van der Waals surface area (Å²) in [7, 11) is 0. The quantitative estimate of drug-likeness (QED) is 0.889. The molecule has 6 heteroatoms. The van der Waals surface area contributed by atoms with Gasteiger partial charge in [0.1, 0.15) is 6.54 Å². The average Bonchev–Trinajstić information content (AvgIpc) is 2.67. The Hall–Kier alpha value is -1.17. The summed E-state index contributed by atoms with van der Waals surface area (Å²) >= 11 is 1.85. The number of nitrogens with one attached hydrogen (secondary N) is 1. The number of amides is 1. The second-order valence-corrected chi connectivity index (χ2v) is 6.55. The molecule has 1 aromatic rings. The van der Waals surface area contributed by atoms with Crippen molar-refractivity contribution in [1.82, 2.24) is 15.1 Å². The van der Waals surface area contributed by atoms with Gasteiger partial charge in [0, 0.05) is 11.3 Å². The number of aryl methyl sites for hydroxylation is 1. The van der Waals surface area contributed by atoms with E-state index in [1.165, 1.54) is 19.3 Å². The molecule has 2 unspecified atom stereocenters. The van der Waals surface area contributed by atoms with Gasteiger partial charge in [-0.3, -0.25) is 9.48 Å². The average molecular weight is 296 g/mol. The first kappa shape index (κ1) is 15.2. The van der Waals surface area contributed by atoms with Crippen LogP contribution in [0.1, 0.15) is 37.1 Å². The van der Waals surface area contributed by atoms with E-state index in [-0.39, 0.29) is 12.5 Å². The summed E-state index contributed by atoms with van der Waals surface area (Å²) in [5.74, 6) is 0.0292. The minimum atomic E-state index is 0.0292. The molecule has 1 fully saturated rings. The van der Waals surface area contributed by atoms with E-state index in [0.29, 0.717) is 17.0 Å². The van der Waals surface area contributed by atoms with Gasteiger partial charge in [0.15, 0.2) is 0 Å². The molecule has 0 radical (unpaired) electrons. The summed E-state index contributed by atoms with van der Waals surface area (Å²) in [5, 5.41) is 8.01. The molecule has 2 rings (SSSR count). The molecule has 0 saturated heterocycles. The van der Waals surface area contributed by atoms with Gasteiger partial charge in [0.25, 0.3) is 0 Å². The number of hydrogen-bond donors (Lipinski definition) is 2. The van der Waals surface area contributed by atoms with Gasteiger partial charge < -0.3 is 11.1 Å². The van der Waals surface area contributed by atoms with Crippen molar-refractivity contribution in [2.45, 2.75) is 57.4 Å². The van der Waals surface area contributed by atoms with E-state index in [4.69, 9.17) is 5.73 Å². The largest absolute Gasteiger partial charge is 0.396 e. The van der Waals surface area contributed by atoms with Gasteiger partial charge in [-0.2, -0.15) is 16.9 Å². The second kappa shape index (κ2) is 6.52. The molecule has 1 heterocycles. The molecular weight excluding hydrogens is 272 g/mol. The number of thioether (sulfide) groups is 1. The minimum Gasteiger partial charge on any atom is -0.396 e. The van der Waals surface area contributed by atoms with E-state index < -0.39 is 0 Å². The normalized spacial score (nSPS) is 22.8. The van der Waals surface area contributed by atoms with E-state index in [1.54, 1.807) is 4.68 Å². The Morgan fingerprint density at radius 2 is 2.15 bits per heavy atom. The molecule has 3 N–H and O–H groups in total. The van der Waals surface area contributed by atoms with E-state index in [1.807, 2.05) is 25.6 Å². The van der Waals surface area contributed by atoms with Crippen LogP contribution in [0, 0.1) is 13.8 Å². The maximum Gasteiger partial charge on any atom is 0.241 e. The standard InChI is InChI=1S/C14H24N4OS/c1-9-14(15)10(2)18(17-9)8-13(19)16-11-6-4-5-7-12(11)20-3/h11-12H,4-8,15H2,1-3H3,(H,16,19). The molecule has 20 heavy (non-hydrogen) atoms. The van der Waals surface area contributed by atoms with Gasteiger partial charge >= 0.3 is 0 Å². The van der Waals surface area contributed by atoms with Crippen molar-refractivity contribution in [3.05, 3.63) is 11.4 Å². The van der Waals surface area contributed by atoms with E-state index in [9.17, 15) is 4.79 Å². The highest BCUT2D eigenvalue weighted by Crippen LogP contribution is 2.27. The van der Waals surface area contributed by atoms with Gasteiger partial charge in [-0.1, -0.05) is 12.8 Å². The molecule has 1 amide bonds. The van der Waals surface area contributed by atoms with Crippen molar-refractivity contribution >= 4 is 23.4 Å². The third-order valence-electron chi connectivity index (χ3n) is 4.08. The van der Waals surface area contributed by atoms with Crippen molar-refractivity contribution < 1.29 is 4.79 Å². The van der Waals surface area contributed by atoms with Crippen LogP contribution in [0.5, 0.6) is 0 Å². The molecular formula is C14H24N4OS. The SMILES string of the molecule is CSC1CCCCC1NC(=O)Cn1nc(C)c(N)c1C. The van der Waals surface area contributed by atoms with Crippen molar-refractivity contribution in [3.63, 3.8) is 0 Å². The Bertz CT molecular complexity index is 486. The van der Waals surface area contributed by atoms with Gasteiger partial charge in [-0.25, -0.2) is 0 Å². The zero-order valence-corrected chi connectivity index (χ0v) is 13.3. The van der Waals surface area contributed by atoms with Crippen LogP contribution in [-0.2, 0) is 11.3 Å². The highest BCUT2D eigenvalue weighted by molar-refractivity contribution is 7.99. The highest BCUT2D eigenvalue weighted by atomic mass is 32.2. The van der Waals surface area contributed by atoms with E-state index in [0.717, 1.165) is 17.8 Å². The number of aromatic nitrogens is 2. The number of hydrogen-bond acceptors (Lipinski definition) is 4. The van der Waals surface area contributed by atoms with E-state index in [2.05, 4.69) is 16.7 Å². The molecule has 2 atom stereocenters.